The lowest BCUT2D eigenvalue weighted by Crippen LogP contribution is -2.33. The summed E-state index contributed by atoms with van der Waals surface area (Å²) < 4.78 is 34.5. The Labute approximate surface area is 75.0 Å². The first-order valence-corrected chi connectivity index (χ1v) is 4.06. The molecule has 1 radical (unpaired) electrons. The average molecular weight is 193 g/mol. The number of ether oxygens (including phenoxy) is 2. The van der Waals surface area contributed by atoms with E-state index >= 15 is 0 Å². The summed E-state index contributed by atoms with van der Waals surface area (Å²) in [5.41, 5.74) is 0. The molecule has 1 fully saturated rings. The molecule has 0 spiro atoms. The van der Waals surface area contributed by atoms with Crippen LogP contribution in [-0.4, -0.2) is 19.2 Å². The Morgan fingerprint density at radius 2 is 2.15 bits per heavy atom. The van der Waals surface area contributed by atoms with Crippen molar-refractivity contribution in [1.29, 1.82) is 0 Å². The van der Waals surface area contributed by atoms with Gasteiger partial charge >= 0.3 is 6.16 Å². The van der Waals surface area contributed by atoms with Gasteiger partial charge in [0.25, 0.3) is 5.92 Å². The first-order chi connectivity index (χ1) is 6.06. The fourth-order valence-corrected chi connectivity index (χ4v) is 1.22. The fourth-order valence-electron chi connectivity index (χ4n) is 1.22. The molecule has 5 heteroatoms. The van der Waals surface area contributed by atoms with Gasteiger partial charge in [0, 0.05) is 6.42 Å². The summed E-state index contributed by atoms with van der Waals surface area (Å²) >= 11 is 0. The normalized spacial score (nSPS) is 22.4. The maximum absolute atomic E-state index is 13.0. The Morgan fingerprint density at radius 3 is 2.69 bits per heavy atom. The monoisotopic (exact) mass is 193 g/mol. The third-order valence-corrected chi connectivity index (χ3v) is 1.93. The van der Waals surface area contributed by atoms with E-state index < -0.39 is 18.2 Å². The highest BCUT2D eigenvalue weighted by atomic mass is 19.3. The van der Waals surface area contributed by atoms with Crippen molar-refractivity contribution in [3.63, 3.8) is 0 Å². The van der Waals surface area contributed by atoms with Crippen molar-refractivity contribution < 1.29 is 23.0 Å². The molecule has 1 aliphatic rings. The topological polar surface area (TPSA) is 35.5 Å². The second kappa shape index (κ2) is 3.89. The van der Waals surface area contributed by atoms with Crippen molar-refractivity contribution in [2.24, 2.45) is 0 Å². The van der Waals surface area contributed by atoms with Gasteiger partial charge in [-0.05, 0) is 19.3 Å². The summed E-state index contributed by atoms with van der Waals surface area (Å²) in [5, 5.41) is 0. The molecule has 0 aromatic rings. The molecule has 0 unspecified atom stereocenters. The van der Waals surface area contributed by atoms with E-state index in [0.29, 0.717) is 12.8 Å². The van der Waals surface area contributed by atoms with Crippen molar-refractivity contribution in [3.8, 4) is 0 Å². The van der Waals surface area contributed by atoms with Crippen LogP contribution in [0.2, 0.25) is 0 Å². The van der Waals surface area contributed by atoms with Gasteiger partial charge in [0.15, 0.2) is 0 Å². The Kier molecular flexibility index (Phi) is 3.06. The maximum Gasteiger partial charge on any atom is 0.508 e. The molecular formula is C8H11F2O3. The van der Waals surface area contributed by atoms with Crippen LogP contribution in [0, 0.1) is 6.10 Å². The van der Waals surface area contributed by atoms with Crippen molar-refractivity contribution in [2.45, 2.75) is 31.6 Å². The second-order valence-corrected chi connectivity index (χ2v) is 2.89. The van der Waals surface area contributed by atoms with E-state index in [1.807, 2.05) is 0 Å². The third kappa shape index (κ3) is 2.54. The van der Waals surface area contributed by atoms with E-state index in [9.17, 15) is 13.6 Å². The number of hydrogen-bond acceptors (Lipinski definition) is 3. The van der Waals surface area contributed by atoms with Crippen LogP contribution >= 0.6 is 0 Å². The first kappa shape index (κ1) is 10.2. The summed E-state index contributed by atoms with van der Waals surface area (Å²) in [6.45, 7) is 0. The van der Waals surface area contributed by atoms with Crippen LogP contribution in [0.5, 0.6) is 0 Å². The molecule has 0 aliphatic heterocycles. The van der Waals surface area contributed by atoms with Crippen LogP contribution in [0.3, 0.4) is 0 Å². The largest absolute Gasteiger partial charge is 0.508 e. The molecule has 0 amide bonds. The van der Waals surface area contributed by atoms with Crippen molar-refractivity contribution in [2.75, 3.05) is 7.11 Å². The van der Waals surface area contributed by atoms with Crippen LogP contribution in [0.15, 0.2) is 0 Å². The molecule has 0 aromatic heterocycles. The van der Waals surface area contributed by atoms with Gasteiger partial charge in [-0.3, -0.25) is 0 Å². The third-order valence-electron chi connectivity index (χ3n) is 1.93. The van der Waals surface area contributed by atoms with E-state index in [4.69, 9.17) is 0 Å². The molecule has 0 bridgehead atoms. The highest BCUT2D eigenvalue weighted by Crippen LogP contribution is 2.40. The van der Waals surface area contributed by atoms with Gasteiger partial charge in [-0.25, -0.2) is 13.6 Å². The second-order valence-electron chi connectivity index (χ2n) is 2.89. The molecule has 13 heavy (non-hydrogen) atoms. The lowest BCUT2D eigenvalue weighted by atomic mass is 9.94. The molecule has 3 nitrogen and oxygen atoms in total. The first-order valence-electron chi connectivity index (χ1n) is 4.06. The highest BCUT2D eigenvalue weighted by Gasteiger charge is 2.45. The average Bonchev–Trinajstić information content (AvgIpc) is 2.08. The van der Waals surface area contributed by atoms with Gasteiger partial charge in [-0.2, -0.15) is 0 Å². The number of methoxy groups -OCH3 is 1. The quantitative estimate of drug-likeness (QED) is 0.600. The van der Waals surface area contributed by atoms with Gasteiger partial charge in [0.1, 0.15) is 0 Å². The molecular weight excluding hydrogens is 182 g/mol. The van der Waals surface area contributed by atoms with E-state index in [1.54, 1.807) is 0 Å². The zero-order chi connectivity index (χ0) is 9.90. The lowest BCUT2D eigenvalue weighted by Gasteiger charge is -2.28. The molecule has 1 saturated carbocycles. The number of carbonyl (C=O) groups is 1. The smallest absolute Gasteiger partial charge is 0.438 e. The summed E-state index contributed by atoms with van der Waals surface area (Å²) in [4.78, 5) is 10.6. The number of rotatable bonds is 1. The van der Waals surface area contributed by atoms with E-state index in [2.05, 4.69) is 9.47 Å². The Morgan fingerprint density at radius 1 is 1.46 bits per heavy atom. The molecule has 0 atom stereocenters. The minimum Gasteiger partial charge on any atom is -0.438 e. The molecule has 0 aromatic carbocycles. The van der Waals surface area contributed by atoms with Crippen LogP contribution in [0.4, 0.5) is 13.6 Å². The lowest BCUT2D eigenvalue weighted by molar-refractivity contribution is -0.0828. The summed E-state index contributed by atoms with van der Waals surface area (Å²) in [6, 6.07) is 0. The molecule has 0 N–H and O–H groups in total. The van der Waals surface area contributed by atoms with Gasteiger partial charge in [0.05, 0.1) is 7.11 Å². The summed E-state index contributed by atoms with van der Waals surface area (Å²) in [7, 11) is 1.09. The summed E-state index contributed by atoms with van der Waals surface area (Å²) in [5.74, 6) is -2.98. The van der Waals surface area contributed by atoms with Gasteiger partial charge in [-0.15, -0.1) is 0 Å². The zero-order valence-corrected chi connectivity index (χ0v) is 7.31. The fraction of sp³-hybridized carbons (Fsp3) is 0.750. The minimum absolute atomic E-state index is 0.127. The predicted octanol–water partition coefficient (Wildman–Crippen LogP) is 2.51. The van der Waals surface area contributed by atoms with Crippen LogP contribution in [-0.2, 0) is 9.47 Å². The Hall–Kier alpha value is -0.870. The van der Waals surface area contributed by atoms with E-state index in [0.717, 1.165) is 7.11 Å². The number of halogens is 2. The molecule has 0 heterocycles. The molecule has 75 valence electrons. The van der Waals surface area contributed by atoms with Crippen LogP contribution in [0.25, 0.3) is 0 Å². The van der Waals surface area contributed by atoms with Crippen LogP contribution in [0.1, 0.15) is 25.7 Å². The standard InChI is InChI=1S/C8H11F2O3/c1-12-7(11)13-6-4-2-3-5-8(6,9)10/h2-5H2,1H3. The molecule has 0 saturated heterocycles. The summed E-state index contributed by atoms with van der Waals surface area (Å²) in [6.07, 6.45) is -0.577. The van der Waals surface area contributed by atoms with Crippen molar-refractivity contribution in [1.82, 2.24) is 0 Å². The van der Waals surface area contributed by atoms with E-state index in [-0.39, 0.29) is 12.8 Å². The van der Waals surface area contributed by atoms with Crippen LogP contribution < -0.4 is 0 Å². The Balaban J connectivity index is 2.51. The van der Waals surface area contributed by atoms with Gasteiger partial charge in [-0.1, -0.05) is 0 Å². The number of hydrogen-bond donors (Lipinski definition) is 0. The molecule has 1 aliphatic carbocycles. The van der Waals surface area contributed by atoms with Gasteiger partial charge in [0.2, 0.25) is 6.10 Å². The highest BCUT2D eigenvalue weighted by molar-refractivity contribution is 5.60. The van der Waals surface area contributed by atoms with Crippen molar-refractivity contribution in [3.05, 3.63) is 6.10 Å². The SMILES string of the molecule is COC(=O)O[C]1CCCCC1(F)F. The maximum atomic E-state index is 13.0. The van der Waals surface area contributed by atoms with Gasteiger partial charge < -0.3 is 9.47 Å². The minimum atomic E-state index is -2.98. The van der Waals surface area contributed by atoms with E-state index in [1.165, 1.54) is 0 Å². The van der Waals surface area contributed by atoms with Crippen molar-refractivity contribution >= 4 is 6.16 Å². The predicted molar refractivity (Wildman–Crippen MR) is 40.1 cm³/mol. The number of carbonyl (C=O) groups excluding carboxylic acids is 1. The zero-order valence-electron chi connectivity index (χ0n) is 7.31. The molecule has 1 rings (SSSR count). The number of alkyl halides is 2. The Bertz CT molecular complexity index is 194.